The van der Waals surface area contributed by atoms with E-state index < -0.39 is 9.05 Å². The Kier molecular flexibility index (Phi) is 4.05. The zero-order chi connectivity index (χ0) is 15.2. The highest BCUT2D eigenvalue weighted by atomic mass is 79.9. The highest BCUT2D eigenvalue weighted by Gasteiger charge is 2.40. The van der Waals surface area contributed by atoms with Gasteiger partial charge in [-0.25, -0.2) is 8.42 Å². The molecule has 2 fully saturated rings. The van der Waals surface area contributed by atoms with Gasteiger partial charge in [-0.3, -0.25) is 4.79 Å². The minimum Gasteiger partial charge on any atom is -0.349 e. The molecule has 4 nitrogen and oxygen atoms in total. The van der Waals surface area contributed by atoms with Gasteiger partial charge in [-0.05, 0) is 65.2 Å². The van der Waals surface area contributed by atoms with Crippen LogP contribution in [0.4, 0.5) is 0 Å². The maximum atomic E-state index is 12.4. The van der Waals surface area contributed by atoms with E-state index in [1.54, 1.807) is 0 Å². The fourth-order valence-electron chi connectivity index (χ4n) is 3.50. The molecule has 0 aromatic heterocycles. The lowest BCUT2D eigenvalue weighted by Gasteiger charge is -2.23. The van der Waals surface area contributed by atoms with E-state index in [0.29, 0.717) is 16.0 Å². The third-order valence-electron chi connectivity index (χ3n) is 4.52. The van der Waals surface area contributed by atoms with Crippen molar-refractivity contribution in [1.29, 1.82) is 0 Å². The predicted octanol–water partition coefficient (Wildman–Crippen LogP) is 3.30. The Hall–Kier alpha value is -0.590. The van der Waals surface area contributed by atoms with Gasteiger partial charge >= 0.3 is 0 Å². The summed E-state index contributed by atoms with van der Waals surface area (Å²) in [5.74, 6) is 1.05. The van der Waals surface area contributed by atoms with Crippen LogP contribution in [0.5, 0.6) is 0 Å². The molecule has 21 heavy (non-hydrogen) atoms. The largest absolute Gasteiger partial charge is 0.349 e. The van der Waals surface area contributed by atoms with E-state index >= 15 is 0 Å². The quantitative estimate of drug-likeness (QED) is 0.803. The maximum Gasteiger partial charge on any atom is 0.261 e. The lowest BCUT2D eigenvalue weighted by Crippen LogP contribution is -2.38. The zero-order valence-corrected chi connectivity index (χ0v) is 14.3. The molecule has 1 aromatic rings. The van der Waals surface area contributed by atoms with Gasteiger partial charge in [-0.1, -0.05) is 6.42 Å². The minimum atomic E-state index is -3.84. The van der Waals surface area contributed by atoms with Crippen molar-refractivity contribution in [1.82, 2.24) is 5.32 Å². The van der Waals surface area contributed by atoms with Gasteiger partial charge in [-0.15, -0.1) is 0 Å². The topological polar surface area (TPSA) is 63.2 Å². The number of hydrogen-bond donors (Lipinski definition) is 1. The summed E-state index contributed by atoms with van der Waals surface area (Å²) in [6, 6.07) is 4.43. The molecule has 2 saturated carbocycles. The van der Waals surface area contributed by atoms with Gasteiger partial charge < -0.3 is 5.32 Å². The Labute approximate surface area is 136 Å². The number of carbonyl (C=O) groups excluding carboxylic acids is 1. The second-order valence-electron chi connectivity index (χ2n) is 5.83. The molecular formula is C14H15BrClNO3S. The summed E-state index contributed by atoms with van der Waals surface area (Å²) in [4.78, 5) is 12.3. The van der Waals surface area contributed by atoms with E-state index in [0.717, 1.165) is 12.3 Å². The second kappa shape index (κ2) is 5.56. The van der Waals surface area contributed by atoms with Crippen LogP contribution in [0, 0.1) is 11.8 Å². The van der Waals surface area contributed by atoms with Gasteiger partial charge in [0.1, 0.15) is 0 Å². The molecule has 2 bridgehead atoms. The fraction of sp³-hybridized carbons (Fsp3) is 0.500. The molecule has 3 atom stereocenters. The Balaban J connectivity index is 1.81. The number of amides is 1. The second-order valence-corrected chi connectivity index (χ2v) is 9.25. The average molecular weight is 393 g/mol. The molecule has 0 radical (unpaired) electrons. The van der Waals surface area contributed by atoms with Crippen molar-refractivity contribution >= 4 is 41.6 Å². The molecule has 0 saturated heterocycles. The molecule has 114 valence electrons. The number of fused-ring (bicyclic) bond motifs is 2. The van der Waals surface area contributed by atoms with Gasteiger partial charge in [-0.2, -0.15) is 0 Å². The maximum absolute atomic E-state index is 12.4. The van der Waals surface area contributed by atoms with Crippen molar-refractivity contribution in [3.63, 3.8) is 0 Å². The van der Waals surface area contributed by atoms with Gasteiger partial charge in [0.15, 0.2) is 0 Å². The Morgan fingerprint density at radius 2 is 2.05 bits per heavy atom. The normalized spacial score (nSPS) is 27.8. The molecule has 1 aromatic carbocycles. The van der Waals surface area contributed by atoms with Crippen LogP contribution in [0.1, 0.15) is 36.0 Å². The summed E-state index contributed by atoms with van der Waals surface area (Å²) in [6.07, 6.45) is 4.66. The van der Waals surface area contributed by atoms with Gasteiger partial charge in [0.25, 0.3) is 15.0 Å². The summed E-state index contributed by atoms with van der Waals surface area (Å²) < 4.78 is 23.3. The highest BCUT2D eigenvalue weighted by molar-refractivity contribution is 9.10. The molecule has 0 heterocycles. The standard InChI is InChI=1S/C14H15BrClNO3S/c15-12-4-3-10(21(16,19)20)7-11(12)14(18)17-13-6-8-1-2-9(13)5-8/h3-4,7-9,13H,1-2,5-6H2,(H,17,18). The van der Waals surface area contributed by atoms with Crippen LogP contribution in [-0.4, -0.2) is 20.4 Å². The smallest absolute Gasteiger partial charge is 0.261 e. The highest BCUT2D eigenvalue weighted by Crippen LogP contribution is 2.44. The monoisotopic (exact) mass is 391 g/mol. The first-order chi connectivity index (χ1) is 9.84. The minimum absolute atomic E-state index is 0.0644. The van der Waals surface area contributed by atoms with Crippen molar-refractivity contribution in [3.8, 4) is 0 Å². The molecule has 0 aliphatic heterocycles. The molecular weight excluding hydrogens is 378 g/mol. The summed E-state index contributed by atoms with van der Waals surface area (Å²) in [7, 11) is 1.49. The molecule has 0 spiro atoms. The molecule has 1 N–H and O–H groups in total. The molecule has 2 aliphatic carbocycles. The van der Waals surface area contributed by atoms with Crippen molar-refractivity contribution in [2.24, 2.45) is 11.8 Å². The van der Waals surface area contributed by atoms with E-state index in [1.165, 1.54) is 37.5 Å². The predicted molar refractivity (Wildman–Crippen MR) is 83.9 cm³/mol. The lowest BCUT2D eigenvalue weighted by atomic mass is 9.95. The van der Waals surface area contributed by atoms with Gasteiger partial charge in [0.05, 0.1) is 10.5 Å². The lowest BCUT2D eigenvalue weighted by molar-refractivity contribution is 0.0922. The van der Waals surface area contributed by atoms with Crippen molar-refractivity contribution in [2.75, 3.05) is 0 Å². The summed E-state index contributed by atoms with van der Waals surface area (Å²) in [5, 5.41) is 3.04. The molecule has 3 unspecified atom stereocenters. The van der Waals surface area contributed by atoms with E-state index in [2.05, 4.69) is 21.2 Å². The third-order valence-corrected chi connectivity index (χ3v) is 6.56. The fourth-order valence-corrected chi connectivity index (χ4v) is 4.70. The Morgan fingerprint density at radius 1 is 1.29 bits per heavy atom. The van der Waals surface area contributed by atoms with E-state index in [4.69, 9.17) is 10.7 Å². The molecule has 1 amide bonds. The number of rotatable bonds is 3. The van der Waals surface area contributed by atoms with Gasteiger partial charge in [0, 0.05) is 21.2 Å². The van der Waals surface area contributed by atoms with Crippen molar-refractivity contribution in [2.45, 2.75) is 36.6 Å². The van der Waals surface area contributed by atoms with Crippen LogP contribution in [-0.2, 0) is 9.05 Å². The van der Waals surface area contributed by atoms with Crippen LogP contribution in [0.3, 0.4) is 0 Å². The van der Waals surface area contributed by atoms with Crippen molar-refractivity contribution in [3.05, 3.63) is 28.2 Å². The number of benzene rings is 1. The first-order valence-electron chi connectivity index (χ1n) is 6.89. The number of hydrogen-bond acceptors (Lipinski definition) is 3. The van der Waals surface area contributed by atoms with Crippen LogP contribution >= 0.6 is 26.6 Å². The summed E-state index contributed by atoms with van der Waals surface area (Å²) >= 11 is 3.29. The number of carbonyl (C=O) groups is 1. The average Bonchev–Trinajstić information content (AvgIpc) is 2.99. The number of nitrogens with one attached hydrogen (secondary N) is 1. The third kappa shape index (κ3) is 3.12. The first kappa shape index (κ1) is 15.3. The van der Waals surface area contributed by atoms with Gasteiger partial charge in [0.2, 0.25) is 0 Å². The van der Waals surface area contributed by atoms with Crippen LogP contribution in [0.25, 0.3) is 0 Å². The van der Waals surface area contributed by atoms with E-state index in [1.807, 2.05) is 0 Å². The Bertz CT molecular complexity index is 691. The first-order valence-corrected chi connectivity index (χ1v) is 10.00. The van der Waals surface area contributed by atoms with Crippen LogP contribution in [0.2, 0.25) is 0 Å². The summed E-state index contributed by atoms with van der Waals surface area (Å²) in [5.41, 5.74) is 0.305. The van der Waals surface area contributed by atoms with Crippen LogP contribution < -0.4 is 5.32 Å². The summed E-state index contributed by atoms with van der Waals surface area (Å²) in [6.45, 7) is 0. The van der Waals surface area contributed by atoms with E-state index in [-0.39, 0.29) is 16.8 Å². The van der Waals surface area contributed by atoms with E-state index in [9.17, 15) is 13.2 Å². The van der Waals surface area contributed by atoms with Crippen molar-refractivity contribution < 1.29 is 13.2 Å². The molecule has 2 aliphatic rings. The Morgan fingerprint density at radius 3 is 2.62 bits per heavy atom. The zero-order valence-electron chi connectivity index (χ0n) is 11.2. The van der Waals surface area contributed by atoms with Crippen LogP contribution in [0.15, 0.2) is 27.6 Å². The number of halogens is 2. The molecule has 7 heteroatoms. The molecule has 3 rings (SSSR count). The SMILES string of the molecule is O=C(NC1CC2CCC1C2)c1cc(S(=O)(=O)Cl)ccc1Br.